The van der Waals surface area contributed by atoms with E-state index in [1.807, 2.05) is 18.7 Å². The lowest BCUT2D eigenvalue weighted by Gasteiger charge is -2.39. The van der Waals surface area contributed by atoms with Gasteiger partial charge in [0, 0.05) is 37.4 Å². The first-order chi connectivity index (χ1) is 14.8. The summed E-state index contributed by atoms with van der Waals surface area (Å²) >= 11 is 1.32. The van der Waals surface area contributed by atoms with E-state index in [2.05, 4.69) is 15.3 Å². The maximum Gasteiger partial charge on any atom is 0.341 e. The quantitative estimate of drug-likeness (QED) is 0.601. The molecule has 1 aliphatic heterocycles. The van der Waals surface area contributed by atoms with Crippen LogP contribution in [0.2, 0.25) is 0 Å². The van der Waals surface area contributed by atoms with Crippen molar-refractivity contribution >= 4 is 40.1 Å². The first kappa shape index (κ1) is 21.0. The number of aromatic carboxylic acids is 1. The number of hydrogen-bond acceptors (Lipinski definition) is 7. The monoisotopic (exact) mass is 441 g/mol. The number of anilines is 1. The Kier molecular flexibility index (Phi) is 5.48. The number of carboxylic acid groups (broad SMARTS) is 1. The molecule has 0 saturated carbocycles. The topological polar surface area (TPSA) is 117 Å². The van der Waals surface area contributed by atoms with Gasteiger partial charge in [-0.15, -0.1) is 11.3 Å². The average molecular weight is 442 g/mol. The lowest BCUT2D eigenvalue weighted by atomic mass is 9.98. The fourth-order valence-electron chi connectivity index (χ4n) is 3.55. The Labute approximate surface area is 182 Å². The molecule has 1 saturated heterocycles. The maximum absolute atomic E-state index is 12.8. The second-order valence-corrected chi connectivity index (χ2v) is 8.97. The van der Waals surface area contributed by atoms with E-state index in [9.17, 15) is 19.5 Å². The Morgan fingerprint density at radius 1 is 1.35 bits per heavy atom. The van der Waals surface area contributed by atoms with Gasteiger partial charge in [-0.05, 0) is 24.5 Å². The highest BCUT2D eigenvalue weighted by atomic mass is 32.1. The zero-order valence-electron chi connectivity index (χ0n) is 17.5. The van der Waals surface area contributed by atoms with Gasteiger partial charge < -0.3 is 15.3 Å². The zero-order chi connectivity index (χ0) is 22.3. The molecule has 1 aliphatic rings. The number of amides is 1. The van der Waals surface area contributed by atoms with Gasteiger partial charge in [0.25, 0.3) is 0 Å². The van der Waals surface area contributed by atoms with Crippen LogP contribution in [0.1, 0.15) is 29.8 Å². The molecule has 4 heterocycles. The van der Waals surface area contributed by atoms with Crippen molar-refractivity contribution in [3.8, 4) is 5.13 Å². The highest BCUT2D eigenvalue weighted by Crippen LogP contribution is 2.28. The Balaban J connectivity index is 1.71. The maximum atomic E-state index is 12.8. The number of nitrogens with one attached hydrogen (secondary N) is 1. The molecule has 1 fully saturated rings. The summed E-state index contributed by atoms with van der Waals surface area (Å²) < 4.78 is 1.55. The summed E-state index contributed by atoms with van der Waals surface area (Å²) in [4.78, 5) is 47.6. The summed E-state index contributed by atoms with van der Waals surface area (Å²) in [6.07, 6.45) is 2.89. The summed E-state index contributed by atoms with van der Waals surface area (Å²) in [5, 5.41) is 15.0. The van der Waals surface area contributed by atoms with Crippen molar-refractivity contribution in [2.24, 2.45) is 11.8 Å². The second kappa shape index (κ2) is 8.10. The molecule has 1 amide bonds. The average Bonchev–Trinajstić information content (AvgIpc) is 3.19. The highest BCUT2D eigenvalue weighted by Gasteiger charge is 2.34. The molecule has 4 rings (SSSR count). The van der Waals surface area contributed by atoms with Crippen molar-refractivity contribution in [3.63, 3.8) is 0 Å². The van der Waals surface area contributed by atoms with E-state index in [0.29, 0.717) is 47.7 Å². The molecule has 3 aromatic rings. The predicted octanol–water partition coefficient (Wildman–Crippen LogP) is 2.06. The van der Waals surface area contributed by atoms with Crippen LogP contribution >= 0.6 is 11.3 Å². The number of hydrogen-bond donors (Lipinski definition) is 2. The molecule has 9 nitrogen and oxygen atoms in total. The molecule has 10 heteroatoms. The van der Waals surface area contributed by atoms with Crippen molar-refractivity contribution in [2.75, 3.05) is 24.5 Å². The SMILES string of the molecule is Cc1cc(N2CC(C(=O)NCC(C)C)C2)nc2c1c(=O)c(C(=O)O)cn2-c1nccs1. The van der Waals surface area contributed by atoms with Crippen LogP contribution in [0.4, 0.5) is 5.82 Å². The van der Waals surface area contributed by atoms with Gasteiger partial charge in [-0.1, -0.05) is 13.8 Å². The lowest BCUT2D eigenvalue weighted by molar-refractivity contribution is -0.125. The molecule has 0 atom stereocenters. The van der Waals surface area contributed by atoms with Gasteiger partial charge in [0.2, 0.25) is 11.3 Å². The number of carboxylic acids is 1. The third kappa shape index (κ3) is 3.90. The number of aromatic nitrogens is 3. The molecule has 3 aromatic heterocycles. The molecule has 0 unspecified atom stereocenters. The van der Waals surface area contributed by atoms with Gasteiger partial charge in [-0.2, -0.15) is 0 Å². The number of aryl methyl sites for hydroxylation is 1. The minimum Gasteiger partial charge on any atom is -0.477 e. The van der Waals surface area contributed by atoms with E-state index in [-0.39, 0.29) is 22.8 Å². The van der Waals surface area contributed by atoms with Crippen molar-refractivity contribution < 1.29 is 14.7 Å². The van der Waals surface area contributed by atoms with E-state index < -0.39 is 11.4 Å². The van der Waals surface area contributed by atoms with Gasteiger partial charge in [-0.3, -0.25) is 14.2 Å². The number of pyridine rings is 2. The summed E-state index contributed by atoms with van der Waals surface area (Å²) in [5.74, 6) is -0.326. The van der Waals surface area contributed by atoms with Crippen LogP contribution in [0.3, 0.4) is 0 Å². The number of nitrogens with zero attached hydrogens (tertiary/aromatic N) is 4. The fourth-order valence-corrected chi connectivity index (χ4v) is 4.17. The zero-order valence-corrected chi connectivity index (χ0v) is 18.3. The third-order valence-electron chi connectivity index (χ3n) is 5.26. The van der Waals surface area contributed by atoms with Crippen LogP contribution in [0.25, 0.3) is 16.2 Å². The molecule has 0 bridgehead atoms. The van der Waals surface area contributed by atoms with Crippen molar-refractivity contribution in [1.82, 2.24) is 19.9 Å². The molecule has 0 aliphatic carbocycles. The normalized spacial score (nSPS) is 14.1. The van der Waals surface area contributed by atoms with Crippen LogP contribution in [0, 0.1) is 18.8 Å². The van der Waals surface area contributed by atoms with Gasteiger partial charge in [0.05, 0.1) is 11.3 Å². The molecule has 2 N–H and O–H groups in total. The van der Waals surface area contributed by atoms with E-state index >= 15 is 0 Å². The van der Waals surface area contributed by atoms with E-state index in [0.717, 1.165) is 0 Å². The number of carbonyl (C=O) groups is 2. The Bertz CT molecular complexity index is 1210. The van der Waals surface area contributed by atoms with Crippen molar-refractivity contribution in [2.45, 2.75) is 20.8 Å². The van der Waals surface area contributed by atoms with E-state index in [1.54, 1.807) is 29.1 Å². The van der Waals surface area contributed by atoms with Gasteiger partial charge in [0.1, 0.15) is 11.4 Å². The van der Waals surface area contributed by atoms with Crippen LogP contribution in [0.5, 0.6) is 0 Å². The van der Waals surface area contributed by atoms with E-state index in [1.165, 1.54) is 17.5 Å². The largest absolute Gasteiger partial charge is 0.477 e. The van der Waals surface area contributed by atoms with Crippen molar-refractivity contribution in [1.29, 1.82) is 0 Å². The predicted molar refractivity (Wildman–Crippen MR) is 118 cm³/mol. The van der Waals surface area contributed by atoms with Gasteiger partial charge >= 0.3 is 5.97 Å². The minimum absolute atomic E-state index is 0.0354. The van der Waals surface area contributed by atoms with Crippen LogP contribution in [-0.4, -0.2) is 51.2 Å². The molecule has 162 valence electrons. The van der Waals surface area contributed by atoms with Gasteiger partial charge in [0.15, 0.2) is 10.8 Å². The molecular formula is C21H23N5O4S. The smallest absolute Gasteiger partial charge is 0.341 e. The van der Waals surface area contributed by atoms with Crippen LogP contribution in [-0.2, 0) is 4.79 Å². The Hall–Kier alpha value is -3.27. The fraction of sp³-hybridized carbons (Fsp3) is 0.381. The van der Waals surface area contributed by atoms with Crippen LogP contribution < -0.4 is 15.6 Å². The Morgan fingerprint density at radius 3 is 2.71 bits per heavy atom. The second-order valence-electron chi connectivity index (χ2n) is 8.10. The summed E-state index contributed by atoms with van der Waals surface area (Å²) in [6.45, 7) is 7.58. The van der Waals surface area contributed by atoms with Gasteiger partial charge in [-0.25, -0.2) is 14.8 Å². The van der Waals surface area contributed by atoms with Crippen LogP contribution in [0.15, 0.2) is 28.6 Å². The number of carbonyl (C=O) groups excluding carboxylic acids is 1. The standard InChI is InChI=1S/C21H23N5O4S/c1-11(2)7-23-19(28)13-8-25(9-13)15-6-12(3)16-17(27)14(20(29)30)10-26(18(16)24-15)21-22-4-5-31-21/h4-6,10-11,13H,7-9H2,1-3H3,(H,23,28)(H,29,30). The first-order valence-electron chi connectivity index (χ1n) is 9.99. The van der Waals surface area contributed by atoms with E-state index in [4.69, 9.17) is 0 Å². The molecular weight excluding hydrogens is 418 g/mol. The molecule has 0 spiro atoms. The number of rotatable bonds is 6. The third-order valence-corrected chi connectivity index (χ3v) is 6.03. The van der Waals surface area contributed by atoms with Crippen molar-refractivity contribution in [3.05, 3.63) is 45.2 Å². The lowest BCUT2D eigenvalue weighted by Crippen LogP contribution is -2.54. The minimum atomic E-state index is -1.29. The summed E-state index contributed by atoms with van der Waals surface area (Å²) in [6, 6.07) is 1.77. The first-order valence-corrected chi connectivity index (χ1v) is 10.9. The molecule has 31 heavy (non-hydrogen) atoms. The number of thiazole rings is 1. The summed E-state index contributed by atoms with van der Waals surface area (Å²) in [5.41, 5.74) is 0.0892. The molecule has 0 aromatic carbocycles. The number of fused-ring (bicyclic) bond motifs is 1. The highest BCUT2D eigenvalue weighted by molar-refractivity contribution is 7.12. The molecule has 0 radical (unpaired) electrons. The summed E-state index contributed by atoms with van der Waals surface area (Å²) in [7, 11) is 0. The Morgan fingerprint density at radius 2 is 2.10 bits per heavy atom.